The van der Waals surface area contributed by atoms with Crippen LogP contribution in [0.2, 0.25) is 0 Å². The number of ether oxygens (including phenoxy) is 2. The van der Waals surface area contributed by atoms with Gasteiger partial charge in [0, 0.05) is 23.5 Å². The summed E-state index contributed by atoms with van der Waals surface area (Å²) in [6, 6.07) is 20.4. The highest BCUT2D eigenvalue weighted by Crippen LogP contribution is 2.18. The molecule has 6 nitrogen and oxygen atoms in total. The van der Waals surface area contributed by atoms with Gasteiger partial charge in [0.25, 0.3) is 0 Å². The first-order chi connectivity index (χ1) is 14.5. The maximum absolute atomic E-state index is 12.6. The van der Waals surface area contributed by atoms with Gasteiger partial charge in [-0.15, -0.1) is 0 Å². The van der Waals surface area contributed by atoms with E-state index in [-0.39, 0.29) is 19.0 Å². The number of aryl methyl sites for hydroxylation is 1. The normalized spacial score (nSPS) is 10.3. The van der Waals surface area contributed by atoms with Crippen LogP contribution in [-0.2, 0) is 16.1 Å². The predicted octanol–water partition coefficient (Wildman–Crippen LogP) is 3.83. The van der Waals surface area contributed by atoms with Crippen molar-refractivity contribution in [2.75, 3.05) is 13.2 Å². The van der Waals surface area contributed by atoms with Crippen LogP contribution in [0.3, 0.4) is 0 Å². The first-order valence-corrected chi connectivity index (χ1v) is 9.51. The predicted molar refractivity (Wildman–Crippen MR) is 111 cm³/mol. The van der Waals surface area contributed by atoms with E-state index in [2.05, 4.69) is 4.57 Å². The van der Waals surface area contributed by atoms with Gasteiger partial charge >= 0.3 is 5.97 Å². The van der Waals surface area contributed by atoms with Gasteiger partial charge in [-0.3, -0.25) is 4.79 Å². The third-order valence-electron chi connectivity index (χ3n) is 4.77. The molecule has 0 N–H and O–H groups in total. The fourth-order valence-corrected chi connectivity index (χ4v) is 3.18. The Morgan fingerprint density at radius 1 is 1.00 bits per heavy atom. The van der Waals surface area contributed by atoms with Crippen LogP contribution in [0.15, 0.2) is 60.7 Å². The molecule has 30 heavy (non-hydrogen) atoms. The average molecular weight is 402 g/mol. The molecular formula is C24H22N2O4. The molecule has 0 unspecified atom stereocenters. The van der Waals surface area contributed by atoms with Crippen molar-refractivity contribution in [1.82, 2.24) is 4.57 Å². The van der Waals surface area contributed by atoms with E-state index >= 15 is 0 Å². The summed E-state index contributed by atoms with van der Waals surface area (Å²) in [7, 11) is 0. The van der Waals surface area contributed by atoms with Crippen LogP contribution in [0.25, 0.3) is 0 Å². The average Bonchev–Trinajstić information content (AvgIpc) is 3.05. The number of nitriles is 1. The number of esters is 1. The topological polar surface area (TPSA) is 81.3 Å². The minimum absolute atomic E-state index is 0.270. The smallest absolute Gasteiger partial charge is 0.344 e. The van der Waals surface area contributed by atoms with Gasteiger partial charge in [-0.1, -0.05) is 42.5 Å². The maximum Gasteiger partial charge on any atom is 0.344 e. The minimum atomic E-state index is -0.672. The molecule has 0 aliphatic carbocycles. The largest absolute Gasteiger partial charge is 0.481 e. The highest BCUT2D eigenvalue weighted by Gasteiger charge is 2.18. The number of hydrogen-bond donors (Lipinski definition) is 0. The zero-order chi connectivity index (χ0) is 21.5. The summed E-state index contributed by atoms with van der Waals surface area (Å²) in [6.07, 6.45) is 0. The molecule has 0 atom stereocenters. The monoisotopic (exact) mass is 402 g/mol. The Morgan fingerprint density at radius 2 is 1.70 bits per heavy atom. The number of rotatable bonds is 8. The molecule has 0 radical (unpaired) electrons. The number of hydrogen-bond acceptors (Lipinski definition) is 5. The van der Waals surface area contributed by atoms with E-state index in [9.17, 15) is 9.59 Å². The van der Waals surface area contributed by atoms with E-state index in [1.165, 1.54) is 0 Å². The van der Waals surface area contributed by atoms with Crippen molar-refractivity contribution < 1.29 is 19.1 Å². The first-order valence-electron chi connectivity index (χ1n) is 9.51. The Morgan fingerprint density at radius 3 is 2.43 bits per heavy atom. The Bertz CT molecular complexity index is 1090. The number of ketones is 1. The second kappa shape index (κ2) is 9.57. The Hall–Kier alpha value is -3.85. The third kappa shape index (κ3) is 4.95. The second-order valence-electron chi connectivity index (χ2n) is 6.84. The van der Waals surface area contributed by atoms with Crippen molar-refractivity contribution in [3.05, 3.63) is 88.7 Å². The Labute approximate surface area is 175 Å². The quantitative estimate of drug-likeness (QED) is 0.422. The van der Waals surface area contributed by atoms with Crippen molar-refractivity contribution >= 4 is 11.8 Å². The molecule has 0 bridgehead atoms. The Balaban J connectivity index is 1.58. The molecule has 6 heteroatoms. The lowest BCUT2D eigenvalue weighted by atomic mass is 10.1. The van der Waals surface area contributed by atoms with Gasteiger partial charge in [0.05, 0.1) is 5.56 Å². The molecule has 152 valence electrons. The Kier molecular flexibility index (Phi) is 6.66. The summed E-state index contributed by atoms with van der Waals surface area (Å²) in [6.45, 7) is 3.75. The highest BCUT2D eigenvalue weighted by molar-refractivity contribution is 5.99. The molecule has 1 aromatic heterocycles. The first kappa shape index (κ1) is 20.9. The van der Waals surface area contributed by atoms with Crippen LogP contribution in [0, 0.1) is 25.2 Å². The lowest BCUT2D eigenvalue weighted by molar-refractivity contribution is -0.144. The number of nitrogens with zero attached hydrogens (tertiary/aromatic N) is 2. The van der Waals surface area contributed by atoms with Crippen molar-refractivity contribution in [1.29, 1.82) is 5.26 Å². The van der Waals surface area contributed by atoms with Crippen LogP contribution in [0.5, 0.6) is 5.75 Å². The van der Waals surface area contributed by atoms with Gasteiger partial charge in [-0.2, -0.15) is 5.26 Å². The number of para-hydroxylation sites is 1. The van der Waals surface area contributed by atoms with Crippen LogP contribution < -0.4 is 4.74 Å². The number of carbonyl (C=O) groups excluding carboxylic acids is 2. The number of benzene rings is 2. The van der Waals surface area contributed by atoms with Gasteiger partial charge in [0.1, 0.15) is 11.8 Å². The van der Waals surface area contributed by atoms with Crippen molar-refractivity contribution in [2.45, 2.75) is 20.4 Å². The number of aromatic nitrogens is 1. The van der Waals surface area contributed by atoms with Crippen LogP contribution in [0.1, 0.15) is 32.9 Å². The molecule has 0 saturated heterocycles. The molecule has 3 aromatic rings. The van der Waals surface area contributed by atoms with E-state index in [4.69, 9.17) is 14.7 Å². The summed E-state index contributed by atoms with van der Waals surface area (Å²) >= 11 is 0. The highest BCUT2D eigenvalue weighted by atomic mass is 16.6. The molecule has 2 aromatic carbocycles. The second-order valence-corrected chi connectivity index (χ2v) is 6.84. The number of Topliss-reactive ketones (excluding diaryl/α,β-unsaturated/α-hetero) is 1. The van der Waals surface area contributed by atoms with Gasteiger partial charge < -0.3 is 14.0 Å². The van der Waals surface area contributed by atoms with Crippen LogP contribution >= 0.6 is 0 Å². The van der Waals surface area contributed by atoms with Gasteiger partial charge in [-0.05, 0) is 37.6 Å². The minimum Gasteiger partial charge on any atom is -0.481 e. The third-order valence-corrected chi connectivity index (χ3v) is 4.77. The fraction of sp³-hybridized carbons (Fsp3) is 0.208. The summed E-state index contributed by atoms with van der Waals surface area (Å²) in [5.41, 5.74) is 3.79. The van der Waals surface area contributed by atoms with E-state index in [1.807, 2.05) is 56.3 Å². The standard InChI is InChI=1S/C24H22N2O4/c1-17-12-21(18(2)26(17)14-19-8-4-3-5-9-19)22(27)15-30-24(28)16-29-23-11-7-6-10-20(23)13-25/h3-12H,14-16H2,1-2H3. The SMILES string of the molecule is Cc1cc(C(=O)COC(=O)COc2ccccc2C#N)c(C)n1Cc1ccccc1. The lowest BCUT2D eigenvalue weighted by Gasteiger charge is -2.10. The zero-order valence-corrected chi connectivity index (χ0v) is 16.9. The molecular weight excluding hydrogens is 380 g/mol. The molecule has 3 rings (SSSR count). The fourth-order valence-electron chi connectivity index (χ4n) is 3.18. The van der Waals surface area contributed by atoms with E-state index in [0.29, 0.717) is 23.4 Å². The van der Waals surface area contributed by atoms with Crippen molar-refractivity contribution in [3.8, 4) is 11.8 Å². The van der Waals surface area contributed by atoms with Gasteiger partial charge in [0.2, 0.25) is 5.78 Å². The van der Waals surface area contributed by atoms with Crippen molar-refractivity contribution in [3.63, 3.8) is 0 Å². The van der Waals surface area contributed by atoms with Gasteiger partial charge in [-0.25, -0.2) is 4.79 Å². The van der Waals surface area contributed by atoms with E-state index < -0.39 is 5.97 Å². The molecule has 0 amide bonds. The molecule has 0 spiro atoms. The van der Waals surface area contributed by atoms with Crippen molar-refractivity contribution in [2.24, 2.45) is 0 Å². The summed E-state index contributed by atoms with van der Waals surface area (Å²) in [5.74, 6) is -0.643. The zero-order valence-electron chi connectivity index (χ0n) is 16.9. The van der Waals surface area contributed by atoms with Crippen LogP contribution in [-0.4, -0.2) is 29.5 Å². The molecule has 0 aliphatic rings. The summed E-state index contributed by atoms with van der Waals surface area (Å²) in [4.78, 5) is 24.6. The van der Waals surface area contributed by atoms with Crippen LogP contribution in [0.4, 0.5) is 0 Å². The maximum atomic E-state index is 12.6. The lowest BCUT2D eigenvalue weighted by Crippen LogP contribution is -2.20. The summed E-state index contributed by atoms with van der Waals surface area (Å²) < 4.78 is 12.5. The van der Waals surface area contributed by atoms with E-state index in [1.54, 1.807) is 24.3 Å². The molecule has 0 saturated carbocycles. The van der Waals surface area contributed by atoms with Gasteiger partial charge in [0.15, 0.2) is 13.2 Å². The number of carbonyl (C=O) groups is 2. The molecule has 0 aliphatic heterocycles. The molecule has 1 heterocycles. The molecule has 0 fully saturated rings. The summed E-state index contributed by atoms with van der Waals surface area (Å²) in [5, 5.41) is 9.04. The van der Waals surface area contributed by atoms with E-state index in [0.717, 1.165) is 17.0 Å².